The molecule has 0 N–H and O–H groups in total. The predicted octanol–water partition coefficient (Wildman–Crippen LogP) is 6.13. The Morgan fingerprint density at radius 2 is 1.83 bits per heavy atom. The second-order valence-corrected chi connectivity index (χ2v) is 6.32. The van der Waals surface area contributed by atoms with E-state index in [0.717, 1.165) is 10.9 Å². The van der Waals surface area contributed by atoms with Gasteiger partial charge in [0.05, 0.1) is 0 Å². The van der Waals surface area contributed by atoms with Crippen molar-refractivity contribution in [3.8, 4) is 0 Å². The molecule has 0 heterocycles. The Bertz CT molecular complexity index is 348. The Morgan fingerprint density at radius 3 is 2.39 bits per heavy atom. The van der Waals surface area contributed by atoms with Crippen LogP contribution >= 0.6 is 39.1 Å². The van der Waals surface area contributed by atoms with Crippen LogP contribution in [0.2, 0.25) is 0 Å². The van der Waals surface area contributed by atoms with Crippen molar-refractivity contribution >= 4 is 39.1 Å². The molecule has 102 valence electrons. The minimum atomic E-state index is -0.0827. The third-order valence-electron chi connectivity index (χ3n) is 3.46. The topological polar surface area (TPSA) is 0 Å². The SMILES string of the molecule is CCCCCCC(CCl)(CCl)c1cccc(Br)c1. The highest BCUT2D eigenvalue weighted by atomic mass is 79.9. The molecule has 0 radical (unpaired) electrons. The molecule has 0 amide bonds. The molecule has 0 unspecified atom stereocenters. The molecule has 0 spiro atoms. The minimum Gasteiger partial charge on any atom is -0.126 e. The van der Waals surface area contributed by atoms with Crippen LogP contribution in [0.25, 0.3) is 0 Å². The maximum absolute atomic E-state index is 6.22. The van der Waals surface area contributed by atoms with Crippen molar-refractivity contribution in [3.05, 3.63) is 34.3 Å². The predicted molar refractivity (Wildman–Crippen MR) is 86.0 cm³/mol. The van der Waals surface area contributed by atoms with Crippen molar-refractivity contribution in [1.82, 2.24) is 0 Å². The normalized spacial score (nSPS) is 11.8. The summed E-state index contributed by atoms with van der Waals surface area (Å²) in [5.41, 5.74) is 1.17. The van der Waals surface area contributed by atoms with E-state index >= 15 is 0 Å². The number of rotatable bonds is 8. The number of benzene rings is 1. The standard InChI is InChI=1S/C15H21BrCl2/c1-2-3-4-5-9-15(11-17,12-18)13-7-6-8-14(16)10-13/h6-8,10H,2-5,9,11-12H2,1H3. The minimum absolute atomic E-state index is 0.0827. The molecule has 0 saturated heterocycles. The number of hydrogen-bond acceptors (Lipinski definition) is 0. The lowest BCUT2D eigenvalue weighted by Crippen LogP contribution is -2.30. The van der Waals surface area contributed by atoms with Gasteiger partial charge in [-0.3, -0.25) is 0 Å². The molecule has 0 aliphatic heterocycles. The van der Waals surface area contributed by atoms with Gasteiger partial charge in [-0.1, -0.05) is 60.7 Å². The first-order chi connectivity index (χ1) is 8.68. The molecule has 18 heavy (non-hydrogen) atoms. The van der Waals surface area contributed by atoms with Crippen LogP contribution < -0.4 is 0 Å². The van der Waals surface area contributed by atoms with Crippen LogP contribution in [0.1, 0.15) is 44.6 Å². The first-order valence-corrected chi connectivity index (χ1v) is 8.42. The number of alkyl halides is 2. The van der Waals surface area contributed by atoms with Gasteiger partial charge >= 0.3 is 0 Å². The first-order valence-electron chi connectivity index (χ1n) is 6.56. The Hall–Kier alpha value is 0.280. The van der Waals surface area contributed by atoms with E-state index in [1.807, 2.05) is 6.07 Å². The van der Waals surface area contributed by atoms with E-state index in [0.29, 0.717) is 11.8 Å². The highest BCUT2D eigenvalue weighted by molar-refractivity contribution is 9.10. The van der Waals surface area contributed by atoms with Gasteiger partial charge in [0.25, 0.3) is 0 Å². The molecule has 0 atom stereocenters. The smallest absolute Gasteiger partial charge is 0.0332 e. The van der Waals surface area contributed by atoms with E-state index in [1.165, 1.54) is 31.2 Å². The third kappa shape index (κ3) is 4.43. The lowest BCUT2D eigenvalue weighted by atomic mass is 9.79. The number of hydrogen-bond donors (Lipinski definition) is 0. The Balaban J connectivity index is 2.79. The molecule has 0 aliphatic rings. The summed E-state index contributed by atoms with van der Waals surface area (Å²) >= 11 is 16.0. The van der Waals surface area contributed by atoms with Gasteiger partial charge in [-0.05, 0) is 24.1 Å². The van der Waals surface area contributed by atoms with Gasteiger partial charge < -0.3 is 0 Å². The van der Waals surface area contributed by atoms with Gasteiger partial charge in [0, 0.05) is 21.6 Å². The molecule has 1 aromatic carbocycles. The highest BCUT2D eigenvalue weighted by Crippen LogP contribution is 2.34. The van der Waals surface area contributed by atoms with Crippen LogP contribution in [0.5, 0.6) is 0 Å². The summed E-state index contributed by atoms with van der Waals surface area (Å²) in [6, 6.07) is 8.37. The van der Waals surface area contributed by atoms with Crippen molar-refractivity contribution in [2.24, 2.45) is 0 Å². The van der Waals surface area contributed by atoms with Crippen molar-refractivity contribution in [1.29, 1.82) is 0 Å². The summed E-state index contributed by atoms with van der Waals surface area (Å²) < 4.78 is 1.09. The fourth-order valence-corrected chi connectivity index (χ4v) is 3.44. The summed E-state index contributed by atoms with van der Waals surface area (Å²) in [5, 5.41) is 0. The third-order valence-corrected chi connectivity index (χ3v) is 4.97. The monoisotopic (exact) mass is 350 g/mol. The van der Waals surface area contributed by atoms with E-state index in [2.05, 4.69) is 41.1 Å². The van der Waals surface area contributed by atoms with Crippen molar-refractivity contribution in [3.63, 3.8) is 0 Å². The summed E-state index contributed by atoms with van der Waals surface area (Å²) in [7, 11) is 0. The van der Waals surface area contributed by atoms with E-state index in [-0.39, 0.29) is 5.41 Å². The van der Waals surface area contributed by atoms with Crippen molar-refractivity contribution in [2.75, 3.05) is 11.8 Å². The average Bonchev–Trinajstić information content (AvgIpc) is 2.40. The van der Waals surface area contributed by atoms with Crippen LogP contribution in [-0.2, 0) is 5.41 Å². The summed E-state index contributed by atoms with van der Waals surface area (Å²) in [6.07, 6.45) is 6.07. The maximum atomic E-state index is 6.22. The quantitative estimate of drug-likeness (QED) is 0.390. The van der Waals surface area contributed by atoms with Crippen LogP contribution in [0, 0.1) is 0 Å². The van der Waals surface area contributed by atoms with E-state index in [4.69, 9.17) is 23.2 Å². The molecule has 1 aromatic rings. The fourth-order valence-electron chi connectivity index (χ4n) is 2.18. The summed E-state index contributed by atoms with van der Waals surface area (Å²) in [6.45, 7) is 2.23. The van der Waals surface area contributed by atoms with Crippen LogP contribution in [0.3, 0.4) is 0 Å². The summed E-state index contributed by atoms with van der Waals surface area (Å²) in [5.74, 6) is 1.16. The van der Waals surface area contributed by atoms with Gasteiger partial charge in [0.2, 0.25) is 0 Å². The van der Waals surface area contributed by atoms with Crippen molar-refractivity contribution in [2.45, 2.75) is 44.4 Å². The molecule has 0 aromatic heterocycles. The zero-order valence-electron chi connectivity index (χ0n) is 10.9. The number of halogens is 3. The fraction of sp³-hybridized carbons (Fsp3) is 0.600. The van der Waals surface area contributed by atoms with E-state index in [9.17, 15) is 0 Å². The van der Waals surface area contributed by atoms with Gasteiger partial charge in [0.1, 0.15) is 0 Å². The molecule has 0 saturated carbocycles. The molecular formula is C15H21BrCl2. The molecule has 1 rings (SSSR count). The highest BCUT2D eigenvalue weighted by Gasteiger charge is 2.30. The van der Waals surface area contributed by atoms with Crippen LogP contribution in [0.15, 0.2) is 28.7 Å². The lowest BCUT2D eigenvalue weighted by Gasteiger charge is -2.30. The molecule has 0 aliphatic carbocycles. The van der Waals surface area contributed by atoms with E-state index in [1.54, 1.807) is 0 Å². The zero-order valence-corrected chi connectivity index (χ0v) is 14.0. The van der Waals surface area contributed by atoms with Crippen molar-refractivity contribution < 1.29 is 0 Å². The van der Waals surface area contributed by atoms with E-state index < -0.39 is 0 Å². The second-order valence-electron chi connectivity index (χ2n) is 4.87. The lowest BCUT2D eigenvalue weighted by molar-refractivity contribution is 0.456. The first kappa shape index (κ1) is 16.3. The Labute approximate surface area is 129 Å². The number of unbranched alkanes of at least 4 members (excludes halogenated alkanes) is 3. The van der Waals surface area contributed by atoms with Gasteiger partial charge in [-0.15, -0.1) is 23.2 Å². The van der Waals surface area contributed by atoms with Gasteiger partial charge in [-0.2, -0.15) is 0 Å². The average molecular weight is 352 g/mol. The largest absolute Gasteiger partial charge is 0.126 e. The summed E-state index contributed by atoms with van der Waals surface area (Å²) in [4.78, 5) is 0. The van der Waals surface area contributed by atoms with Gasteiger partial charge in [0.15, 0.2) is 0 Å². The molecular weight excluding hydrogens is 331 g/mol. The molecule has 0 bridgehead atoms. The van der Waals surface area contributed by atoms with Crippen LogP contribution in [-0.4, -0.2) is 11.8 Å². The van der Waals surface area contributed by atoms with Crippen LogP contribution in [0.4, 0.5) is 0 Å². The maximum Gasteiger partial charge on any atom is 0.0332 e. The molecule has 0 fully saturated rings. The zero-order chi connectivity index (χ0) is 13.4. The second kappa shape index (κ2) is 8.45. The molecule has 0 nitrogen and oxygen atoms in total. The Morgan fingerprint density at radius 1 is 1.11 bits per heavy atom. The molecule has 3 heteroatoms. The Kier molecular flexibility index (Phi) is 7.67. The van der Waals surface area contributed by atoms with Gasteiger partial charge in [-0.25, -0.2) is 0 Å².